The van der Waals surface area contributed by atoms with Crippen molar-refractivity contribution in [3.8, 4) is 0 Å². The van der Waals surface area contributed by atoms with E-state index in [2.05, 4.69) is 0 Å². The van der Waals surface area contributed by atoms with E-state index in [0.29, 0.717) is 26.2 Å². The first-order chi connectivity index (χ1) is 30.5. The molecule has 1 N–H and O–H groups in total. The lowest BCUT2D eigenvalue weighted by atomic mass is 9.96. The maximum Gasteiger partial charge on any atom is 0.305 e. The van der Waals surface area contributed by atoms with Crippen LogP contribution in [0.15, 0.2) is 121 Å². The van der Waals surface area contributed by atoms with Crippen LogP contribution in [0.4, 0.5) is 0 Å². The number of fused-ring (bicyclic) bond motifs is 1. The molecule has 0 saturated carbocycles. The zero-order valence-corrected chi connectivity index (χ0v) is 35.8. The molecule has 0 radical (unpaired) electrons. The average molecular weight is 855 g/mol. The van der Waals surface area contributed by atoms with Gasteiger partial charge < -0.3 is 52.5 Å². The topological polar surface area (TPSA) is 130 Å². The van der Waals surface area contributed by atoms with Gasteiger partial charge in [-0.15, -0.1) is 0 Å². The fourth-order valence-electron chi connectivity index (χ4n) is 8.14. The van der Waals surface area contributed by atoms with Gasteiger partial charge in [0.05, 0.1) is 39.6 Å². The lowest BCUT2D eigenvalue weighted by Crippen LogP contribution is -2.66. The fourth-order valence-corrected chi connectivity index (χ4v) is 8.14. The molecular weight excluding hydrogens is 793 g/mol. The van der Waals surface area contributed by atoms with Crippen LogP contribution in [-0.4, -0.2) is 92.8 Å². The molecule has 0 spiro atoms. The number of carbonyl (C=O) groups excluding carboxylic acids is 1. The third-order valence-corrected chi connectivity index (χ3v) is 11.5. The van der Waals surface area contributed by atoms with Crippen LogP contribution in [0.25, 0.3) is 0 Å². The van der Waals surface area contributed by atoms with E-state index < -0.39 is 67.7 Å². The lowest BCUT2D eigenvalue weighted by Gasteiger charge is -2.50. The highest BCUT2D eigenvalue weighted by Crippen LogP contribution is 2.38. The van der Waals surface area contributed by atoms with E-state index in [1.54, 1.807) is 0 Å². The van der Waals surface area contributed by atoms with E-state index >= 15 is 0 Å². The Morgan fingerprint density at radius 3 is 1.73 bits per heavy atom. The molecule has 2 unspecified atom stereocenters. The standard InChI is InChI=1S/C50H62O12/c1-35-43(55-31-36-21-11-7-12-22-36)46(56-32-37-23-13-8-14-24-37)47(57-33-38-25-15-9-16-26-38)50(59-35)62-45-42(52)44-40(34-58-48(61-44)39-27-17-10-18-28-39)60-49(45)54-30-20-6-4-3-5-19-29-41(51)53-2/h7-18,21-28,35,40,42-50,52H,3-6,19-20,29-34H2,1-2H3/t35-,40-,42+,43-,44-,45-,46+,47-,48?,49?,50-/m1/s1. The van der Waals surface area contributed by atoms with E-state index in [0.717, 1.165) is 60.8 Å². The number of aliphatic hydroxyl groups is 1. The van der Waals surface area contributed by atoms with Crippen molar-refractivity contribution in [2.24, 2.45) is 0 Å². The molecule has 3 heterocycles. The van der Waals surface area contributed by atoms with E-state index in [4.69, 9.17) is 47.4 Å². The molecule has 3 saturated heterocycles. The van der Waals surface area contributed by atoms with Gasteiger partial charge in [-0.1, -0.05) is 147 Å². The second-order valence-electron chi connectivity index (χ2n) is 16.1. The first-order valence-corrected chi connectivity index (χ1v) is 22.1. The molecule has 0 amide bonds. The molecule has 0 aliphatic carbocycles. The van der Waals surface area contributed by atoms with Crippen LogP contribution in [0.3, 0.4) is 0 Å². The molecule has 4 aromatic carbocycles. The zero-order chi connectivity index (χ0) is 42.9. The van der Waals surface area contributed by atoms with Gasteiger partial charge in [0.25, 0.3) is 0 Å². The SMILES string of the molecule is COC(=O)CCCCCCCCOC1O[C@@H]2COC(c3ccccc3)O[C@H]2[C@H](O)[C@H]1O[C@H]1O[C@H](C)[C@@H](OCc2ccccc2)[C@H](OCc2ccccc2)[C@H]1OCc1ccccc1. The summed E-state index contributed by atoms with van der Waals surface area (Å²) in [6, 6.07) is 39.5. The summed E-state index contributed by atoms with van der Waals surface area (Å²) >= 11 is 0. The molecule has 334 valence electrons. The van der Waals surface area contributed by atoms with Crippen molar-refractivity contribution in [1.29, 1.82) is 0 Å². The number of hydrogen-bond donors (Lipinski definition) is 1. The normalized spacial score (nSPS) is 28.5. The van der Waals surface area contributed by atoms with Crippen molar-refractivity contribution in [1.82, 2.24) is 0 Å². The quantitative estimate of drug-likeness (QED) is 0.0608. The van der Waals surface area contributed by atoms with Gasteiger partial charge >= 0.3 is 5.97 Å². The number of esters is 1. The first kappa shape index (κ1) is 46.0. The van der Waals surface area contributed by atoms with E-state index in [1.165, 1.54) is 7.11 Å². The summed E-state index contributed by atoms with van der Waals surface area (Å²) in [5, 5.41) is 12.3. The fraction of sp³-hybridized carbons (Fsp3) is 0.500. The Balaban J connectivity index is 1.11. The lowest BCUT2D eigenvalue weighted by molar-refractivity contribution is -0.396. The smallest absolute Gasteiger partial charge is 0.305 e. The first-order valence-electron chi connectivity index (χ1n) is 22.1. The molecule has 11 atom stereocenters. The highest BCUT2D eigenvalue weighted by atomic mass is 16.8. The highest BCUT2D eigenvalue weighted by molar-refractivity contribution is 5.68. The number of hydrogen-bond acceptors (Lipinski definition) is 12. The maximum atomic E-state index is 12.3. The predicted molar refractivity (Wildman–Crippen MR) is 229 cm³/mol. The largest absolute Gasteiger partial charge is 0.469 e. The summed E-state index contributed by atoms with van der Waals surface area (Å²) in [6.07, 6.45) is -2.96. The molecule has 12 nitrogen and oxygen atoms in total. The Morgan fingerprint density at radius 2 is 1.13 bits per heavy atom. The Labute approximate surface area is 365 Å². The number of rotatable bonds is 22. The molecule has 62 heavy (non-hydrogen) atoms. The summed E-state index contributed by atoms with van der Waals surface area (Å²) in [4.78, 5) is 11.5. The number of carbonyl (C=O) groups is 1. The molecule has 7 rings (SSSR count). The summed E-state index contributed by atoms with van der Waals surface area (Å²) in [7, 11) is 1.42. The number of aliphatic hydroxyl groups excluding tert-OH is 1. The monoisotopic (exact) mass is 854 g/mol. The van der Waals surface area contributed by atoms with Crippen LogP contribution >= 0.6 is 0 Å². The second-order valence-corrected chi connectivity index (χ2v) is 16.1. The highest BCUT2D eigenvalue weighted by Gasteiger charge is 2.54. The summed E-state index contributed by atoms with van der Waals surface area (Å²) in [5.74, 6) is -0.176. The van der Waals surface area contributed by atoms with Crippen LogP contribution in [0.2, 0.25) is 0 Å². The van der Waals surface area contributed by atoms with Gasteiger partial charge in [0.2, 0.25) is 0 Å². The second kappa shape index (κ2) is 24.1. The molecular formula is C50H62O12. The molecule has 0 bridgehead atoms. The zero-order valence-electron chi connectivity index (χ0n) is 35.8. The van der Waals surface area contributed by atoms with Gasteiger partial charge in [0.15, 0.2) is 18.9 Å². The molecule has 0 aromatic heterocycles. The summed E-state index contributed by atoms with van der Waals surface area (Å²) in [6.45, 7) is 3.39. The van der Waals surface area contributed by atoms with E-state index in [-0.39, 0.29) is 19.2 Å². The van der Waals surface area contributed by atoms with Crippen LogP contribution in [0, 0.1) is 0 Å². The third kappa shape index (κ3) is 13.0. The van der Waals surface area contributed by atoms with Crippen molar-refractivity contribution >= 4 is 5.97 Å². The van der Waals surface area contributed by atoms with Crippen molar-refractivity contribution in [2.45, 2.75) is 139 Å². The van der Waals surface area contributed by atoms with Crippen molar-refractivity contribution in [3.05, 3.63) is 144 Å². The van der Waals surface area contributed by atoms with Gasteiger partial charge in [0.1, 0.15) is 42.7 Å². The number of unbranched alkanes of at least 4 members (excludes halogenated alkanes) is 5. The van der Waals surface area contributed by atoms with Crippen LogP contribution < -0.4 is 0 Å². The van der Waals surface area contributed by atoms with E-state index in [1.807, 2.05) is 128 Å². The third-order valence-electron chi connectivity index (χ3n) is 11.5. The van der Waals surface area contributed by atoms with Gasteiger partial charge in [0, 0.05) is 18.6 Å². The Hall–Kier alpha value is -4.05. The van der Waals surface area contributed by atoms with Crippen molar-refractivity contribution in [2.75, 3.05) is 20.3 Å². The predicted octanol–water partition coefficient (Wildman–Crippen LogP) is 7.99. The summed E-state index contributed by atoms with van der Waals surface area (Å²) < 4.78 is 64.2. The van der Waals surface area contributed by atoms with E-state index in [9.17, 15) is 9.90 Å². The summed E-state index contributed by atoms with van der Waals surface area (Å²) in [5.41, 5.74) is 3.80. The maximum absolute atomic E-state index is 12.3. The Kier molecular flexibility index (Phi) is 17.9. The van der Waals surface area contributed by atoms with Crippen LogP contribution in [-0.2, 0) is 72.0 Å². The van der Waals surface area contributed by atoms with Gasteiger partial charge in [-0.25, -0.2) is 0 Å². The average Bonchev–Trinajstić information content (AvgIpc) is 3.31. The Bertz CT molecular complexity index is 1850. The van der Waals surface area contributed by atoms with Gasteiger partial charge in [-0.3, -0.25) is 4.79 Å². The molecule has 12 heteroatoms. The van der Waals surface area contributed by atoms with Gasteiger partial charge in [-0.05, 0) is 36.5 Å². The van der Waals surface area contributed by atoms with Crippen LogP contribution in [0.5, 0.6) is 0 Å². The molecule has 3 fully saturated rings. The molecule has 3 aliphatic heterocycles. The number of ether oxygens (including phenoxy) is 10. The minimum absolute atomic E-state index is 0.176. The van der Waals surface area contributed by atoms with Crippen molar-refractivity contribution < 1.29 is 57.3 Å². The number of methoxy groups -OCH3 is 1. The van der Waals surface area contributed by atoms with Crippen molar-refractivity contribution in [3.63, 3.8) is 0 Å². The van der Waals surface area contributed by atoms with Crippen LogP contribution in [0.1, 0.15) is 80.4 Å². The minimum Gasteiger partial charge on any atom is -0.469 e. The van der Waals surface area contributed by atoms with Gasteiger partial charge in [-0.2, -0.15) is 0 Å². The molecule has 4 aromatic rings. The number of benzene rings is 4. The molecule has 3 aliphatic rings. The minimum atomic E-state index is -1.19. The Morgan fingerprint density at radius 1 is 0.597 bits per heavy atom.